The summed E-state index contributed by atoms with van der Waals surface area (Å²) in [4.78, 5) is 17.8. The number of nitrogens with zero attached hydrogens (tertiary/aromatic N) is 5. The molecule has 0 radical (unpaired) electrons. The van der Waals surface area contributed by atoms with E-state index in [1.54, 1.807) is 18.2 Å². The number of carbonyl (C=O) groups is 1. The van der Waals surface area contributed by atoms with Crippen molar-refractivity contribution in [3.63, 3.8) is 0 Å². The zero-order chi connectivity index (χ0) is 17.8. The number of anilines is 1. The first kappa shape index (κ1) is 17.9. The molecule has 3 aromatic rings. The van der Waals surface area contributed by atoms with Gasteiger partial charge in [-0.05, 0) is 25.1 Å². The summed E-state index contributed by atoms with van der Waals surface area (Å²) in [5.41, 5.74) is 1.82. The van der Waals surface area contributed by atoms with Crippen LogP contribution in [0.2, 0.25) is 5.02 Å². The largest absolute Gasteiger partial charge is 0.289 e. The molecular weight excluding hydrogens is 378 g/mol. The quantitative estimate of drug-likeness (QED) is 0.591. The van der Waals surface area contributed by atoms with Gasteiger partial charge in [-0.15, -0.1) is 21.5 Å². The number of benzene rings is 1. The molecule has 0 unspecified atom stereocenters. The number of hydrogen-bond acceptors (Lipinski definition) is 6. The molecule has 25 heavy (non-hydrogen) atoms. The van der Waals surface area contributed by atoms with Crippen molar-refractivity contribution in [2.45, 2.75) is 24.8 Å². The Balaban J connectivity index is 1.72. The van der Waals surface area contributed by atoms with Crippen molar-refractivity contribution < 1.29 is 4.79 Å². The minimum Gasteiger partial charge on any atom is -0.289 e. The highest BCUT2D eigenvalue weighted by atomic mass is 35.5. The third-order valence-corrected chi connectivity index (χ3v) is 5.54. The molecule has 3 rings (SSSR count). The van der Waals surface area contributed by atoms with E-state index in [-0.39, 0.29) is 5.91 Å². The van der Waals surface area contributed by atoms with Crippen molar-refractivity contribution in [1.82, 2.24) is 19.7 Å². The zero-order valence-corrected chi connectivity index (χ0v) is 16.1. The molecule has 0 aliphatic heterocycles. The van der Waals surface area contributed by atoms with E-state index in [1.165, 1.54) is 23.1 Å². The van der Waals surface area contributed by atoms with E-state index in [0.29, 0.717) is 17.3 Å². The lowest BCUT2D eigenvalue weighted by Gasteiger charge is -2.14. The van der Waals surface area contributed by atoms with Crippen molar-refractivity contribution in [2.24, 2.45) is 0 Å². The van der Waals surface area contributed by atoms with Crippen LogP contribution in [-0.2, 0) is 10.5 Å². The molecule has 0 aliphatic carbocycles. The summed E-state index contributed by atoms with van der Waals surface area (Å²) in [6, 6.07) is 7.53. The van der Waals surface area contributed by atoms with Crippen molar-refractivity contribution in [3.05, 3.63) is 46.7 Å². The van der Waals surface area contributed by atoms with Gasteiger partial charge in [-0.25, -0.2) is 4.98 Å². The molecule has 0 saturated carbocycles. The van der Waals surface area contributed by atoms with Crippen molar-refractivity contribution in [2.75, 3.05) is 11.4 Å². The maximum absolute atomic E-state index is 11.6. The molecule has 9 heteroatoms. The van der Waals surface area contributed by atoms with Crippen molar-refractivity contribution in [1.29, 1.82) is 0 Å². The van der Waals surface area contributed by atoms with Crippen LogP contribution in [0.4, 0.5) is 5.13 Å². The molecule has 0 fully saturated rings. The summed E-state index contributed by atoms with van der Waals surface area (Å²) in [5.74, 6) is 0.641. The van der Waals surface area contributed by atoms with Gasteiger partial charge in [0.1, 0.15) is 6.33 Å². The molecule has 0 saturated heterocycles. The maximum Gasteiger partial charge on any atom is 0.225 e. The second kappa shape index (κ2) is 7.99. The van der Waals surface area contributed by atoms with Gasteiger partial charge in [0.2, 0.25) is 5.91 Å². The summed E-state index contributed by atoms with van der Waals surface area (Å²) >= 11 is 9.06. The average Bonchev–Trinajstić information content (AvgIpc) is 3.22. The number of rotatable bonds is 6. The molecule has 0 N–H and O–H groups in total. The van der Waals surface area contributed by atoms with Crippen LogP contribution < -0.4 is 4.90 Å². The predicted molar refractivity (Wildman–Crippen MR) is 102 cm³/mol. The lowest BCUT2D eigenvalue weighted by Crippen LogP contribution is -2.27. The molecule has 1 aromatic carbocycles. The highest BCUT2D eigenvalue weighted by Gasteiger charge is 2.14. The summed E-state index contributed by atoms with van der Waals surface area (Å²) < 4.78 is 1.89. The van der Waals surface area contributed by atoms with E-state index in [2.05, 4.69) is 15.2 Å². The highest BCUT2D eigenvalue weighted by Crippen LogP contribution is 2.27. The van der Waals surface area contributed by atoms with Crippen LogP contribution in [-0.4, -0.2) is 32.2 Å². The Morgan fingerprint density at radius 3 is 3.00 bits per heavy atom. The van der Waals surface area contributed by atoms with Crippen LogP contribution in [0, 0.1) is 0 Å². The average molecular weight is 394 g/mol. The summed E-state index contributed by atoms with van der Waals surface area (Å²) in [6.07, 6.45) is 1.66. The molecule has 2 aromatic heterocycles. The Morgan fingerprint density at radius 2 is 2.28 bits per heavy atom. The second-order valence-corrected chi connectivity index (χ2v) is 7.35. The van der Waals surface area contributed by atoms with E-state index in [1.807, 2.05) is 41.1 Å². The molecule has 0 bridgehead atoms. The van der Waals surface area contributed by atoms with E-state index in [9.17, 15) is 4.79 Å². The Bertz CT molecular complexity index is 879. The van der Waals surface area contributed by atoms with E-state index in [0.717, 1.165) is 21.7 Å². The normalized spacial score (nSPS) is 10.8. The molecule has 6 nitrogen and oxygen atoms in total. The van der Waals surface area contributed by atoms with Crippen LogP contribution in [0.15, 0.2) is 41.1 Å². The van der Waals surface area contributed by atoms with Crippen LogP contribution >= 0.6 is 34.7 Å². The fraction of sp³-hybridized carbons (Fsp3) is 0.250. The van der Waals surface area contributed by atoms with Crippen LogP contribution in [0.1, 0.15) is 19.5 Å². The van der Waals surface area contributed by atoms with Gasteiger partial charge < -0.3 is 0 Å². The summed E-state index contributed by atoms with van der Waals surface area (Å²) in [5, 5.41) is 12.3. The number of aromatic nitrogens is 4. The Morgan fingerprint density at radius 1 is 1.44 bits per heavy atom. The highest BCUT2D eigenvalue weighted by molar-refractivity contribution is 7.98. The number of amides is 1. The van der Waals surface area contributed by atoms with E-state index in [4.69, 9.17) is 11.6 Å². The maximum atomic E-state index is 11.6. The minimum absolute atomic E-state index is 0.00301. The van der Waals surface area contributed by atoms with Gasteiger partial charge >= 0.3 is 0 Å². The zero-order valence-electron chi connectivity index (χ0n) is 13.7. The van der Waals surface area contributed by atoms with Crippen molar-refractivity contribution in [3.8, 4) is 5.69 Å². The number of thioether (sulfide) groups is 1. The number of hydrogen-bond donors (Lipinski definition) is 0. The number of halogens is 1. The molecular formula is C16H16ClN5OS2. The molecule has 1 amide bonds. The smallest absolute Gasteiger partial charge is 0.225 e. The molecule has 0 aliphatic rings. The van der Waals surface area contributed by atoms with Crippen LogP contribution in [0.3, 0.4) is 0 Å². The Kier molecular flexibility index (Phi) is 5.72. The predicted octanol–water partition coefficient (Wildman–Crippen LogP) is 4.04. The third kappa shape index (κ3) is 4.20. The standard InChI is InChI=1S/C16H16ClN5OS2/c1-3-21(11(2)23)15-19-13(8-24-15)9-25-16-20-18-10-22(16)14-6-4-5-12(17)7-14/h4-8,10H,3,9H2,1-2H3. The summed E-state index contributed by atoms with van der Waals surface area (Å²) in [6.45, 7) is 4.09. The lowest BCUT2D eigenvalue weighted by molar-refractivity contribution is -0.116. The Hall–Kier alpha value is -1.90. The minimum atomic E-state index is -0.00301. The number of thiazole rings is 1. The van der Waals surface area contributed by atoms with Gasteiger partial charge in [-0.1, -0.05) is 29.4 Å². The molecule has 0 spiro atoms. The first-order chi connectivity index (χ1) is 12.1. The molecule has 2 heterocycles. The third-order valence-electron chi connectivity index (χ3n) is 3.42. The summed E-state index contributed by atoms with van der Waals surface area (Å²) in [7, 11) is 0. The second-order valence-electron chi connectivity index (χ2n) is 5.14. The van der Waals surface area contributed by atoms with E-state index >= 15 is 0 Å². The van der Waals surface area contributed by atoms with Gasteiger partial charge in [-0.2, -0.15) is 0 Å². The molecule has 0 atom stereocenters. The first-order valence-electron chi connectivity index (χ1n) is 7.59. The van der Waals surface area contributed by atoms with Gasteiger partial charge in [0.25, 0.3) is 0 Å². The topological polar surface area (TPSA) is 63.9 Å². The SMILES string of the molecule is CCN(C(C)=O)c1nc(CSc2nncn2-c2cccc(Cl)c2)cs1. The first-order valence-corrected chi connectivity index (χ1v) is 9.84. The molecule has 130 valence electrons. The van der Waals surface area contributed by atoms with Gasteiger partial charge in [0.05, 0.1) is 11.4 Å². The van der Waals surface area contributed by atoms with Gasteiger partial charge in [0.15, 0.2) is 10.3 Å². The van der Waals surface area contributed by atoms with Gasteiger partial charge in [-0.3, -0.25) is 14.3 Å². The van der Waals surface area contributed by atoms with Crippen LogP contribution in [0.25, 0.3) is 5.69 Å². The van der Waals surface area contributed by atoms with Crippen molar-refractivity contribution >= 4 is 45.7 Å². The Labute approximate surface area is 158 Å². The van der Waals surface area contributed by atoms with Gasteiger partial charge in [0, 0.05) is 29.6 Å². The van der Waals surface area contributed by atoms with Crippen LogP contribution in [0.5, 0.6) is 0 Å². The van der Waals surface area contributed by atoms with E-state index < -0.39 is 0 Å². The fourth-order valence-electron chi connectivity index (χ4n) is 2.24. The monoisotopic (exact) mass is 393 g/mol. The lowest BCUT2D eigenvalue weighted by atomic mass is 10.3. The fourth-order valence-corrected chi connectivity index (χ4v) is 4.29. The number of carbonyl (C=O) groups excluding carboxylic acids is 1.